The molecule has 1 aliphatic rings. The van der Waals surface area contributed by atoms with E-state index in [-0.39, 0.29) is 0 Å². The van der Waals surface area contributed by atoms with Gasteiger partial charge < -0.3 is 9.64 Å². The number of aromatic nitrogens is 2. The molecular formula is C26H24Cl2N5O+. The summed E-state index contributed by atoms with van der Waals surface area (Å²) in [5, 5.41) is 9.90. The summed E-state index contributed by atoms with van der Waals surface area (Å²) in [6.45, 7) is 2.12. The number of azo groups is 1. The average Bonchev–Trinajstić information content (AvgIpc) is 3.51. The number of ether oxygens (including phenoxy) is 1. The third kappa shape index (κ3) is 4.27. The Balaban J connectivity index is 1.63. The molecule has 0 spiro atoms. The number of benzene rings is 3. The molecule has 0 N–H and O–H groups in total. The highest BCUT2D eigenvalue weighted by atomic mass is 35.5. The Hall–Kier alpha value is -3.35. The molecule has 1 aromatic heterocycles. The molecule has 4 aromatic rings. The second-order valence-corrected chi connectivity index (χ2v) is 8.69. The topological polar surface area (TPSA) is 46.0 Å². The Morgan fingerprint density at radius 3 is 2.18 bits per heavy atom. The van der Waals surface area contributed by atoms with Crippen LogP contribution in [-0.4, -0.2) is 24.8 Å². The zero-order valence-corrected chi connectivity index (χ0v) is 20.2. The minimum atomic E-state index is 0.349. The van der Waals surface area contributed by atoms with Gasteiger partial charge in [-0.05, 0) is 72.4 Å². The fourth-order valence-corrected chi connectivity index (χ4v) is 4.70. The van der Waals surface area contributed by atoms with Gasteiger partial charge in [0.2, 0.25) is 10.3 Å². The summed E-state index contributed by atoms with van der Waals surface area (Å²) in [5.41, 5.74) is 3.41. The molecule has 34 heavy (non-hydrogen) atoms. The van der Waals surface area contributed by atoms with Crippen LogP contribution in [0.4, 0.5) is 17.3 Å². The van der Waals surface area contributed by atoms with Gasteiger partial charge in [-0.25, -0.2) is 0 Å². The summed E-state index contributed by atoms with van der Waals surface area (Å²) in [6, 6.07) is 25.4. The van der Waals surface area contributed by atoms with Crippen LogP contribution in [-0.2, 0) is 0 Å². The largest absolute Gasteiger partial charge is 0.494 e. The van der Waals surface area contributed by atoms with E-state index in [0.717, 1.165) is 30.2 Å². The zero-order valence-electron chi connectivity index (χ0n) is 18.7. The standard InChI is InChI=1S/C26H24Cl2N5O/c1-34-23-18-21(31-16-8-9-17-31)14-15-22(23)29-30-26-32(19-10-4-2-5-11-19)24(27)25(28)33(26)20-12-6-3-7-13-20/h2-7,10-15,18H,8-9,16-17H2,1H3/q+1. The normalized spacial score (nSPS) is 13.7. The molecule has 1 aliphatic heterocycles. The highest BCUT2D eigenvalue weighted by Gasteiger charge is 2.31. The van der Waals surface area contributed by atoms with Crippen molar-refractivity contribution in [1.29, 1.82) is 0 Å². The van der Waals surface area contributed by atoms with Gasteiger partial charge in [-0.3, -0.25) is 0 Å². The lowest BCUT2D eigenvalue weighted by Gasteiger charge is -2.18. The van der Waals surface area contributed by atoms with Crippen LogP contribution in [0.5, 0.6) is 5.75 Å². The average molecular weight is 493 g/mol. The minimum Gasteiger partial charge on any atom is -0.494 e. The molecule has 1 saturated heterocycles. The number of hydrogen-bond acceptors (Lipinski definition) is 4. The van der Waals surface area contributed by atoms with Crippen molar-refractivity contribution in [3.8, 4) is 17.1 Å². The van der Waals surface area contributed by atoms with E-state index in [1.54, 1.807) is 16.2 Å². The third-order valence-electron chi connectivity index (χ3n) is 5.87. The molecule has 6 nitrogen and oxygen atoms in total. The summed E-state index contributed by atoms with van der Waals surface area (Å²) in [7, 11) is 1.65. The predicted molar refractivity (Wildman–Crippen MR) is 136 cm³/mol. The molecule has 172 valence electrons. The van der Waals surface area contributed by atoms with Gasteiger partial charge in [0.25, 0.3) is 0 Å². The Morgan fingerprint density at radius 1 is 0.824 bits per heavy atom. The number of nitrogens with zero attached hydrogens (tertiary/aromatic N) is 5. The maximum Gasteiger partial charge on any atom is 0.433 e. The van der Waals surface area contributed by atoms with Gasteiger partial charge in [-0.2, -0.15) is 9.13 Å². The number of rotatable bonds is 6. The lowest BCUT2D eigenvalue weighted by molar-refractivity contribution is -0.578. The lowest BCUT2D eigenvalue weighted by atomic mass is 10.2. The van der Waals surface area contributed by atoms with Crippen LogP contribution < -0.4 is 14.2 Å². The Kier molecular flexibility index (Phi) is 6.52. The van der Waals surface area contributed by atoms with Crippen molar-refractivity contribution in [1.82, 2.24) is 4.57 Å². The molecule has 0 amide bonds. The molecule has 0 saturated carbocycles. The van der Waals surface area contributed by atoms with E-state index < -0.39 is 0 Å². The van der Waals surface area contributed by atoms with E-state index in [1.807, 2.05) is 72.8 Å². The zero-order chi connectivity index (χ0) is 23.5. The summed E-state index contributed by atoms with van der Waals surface area (Å²) < 4.78 is 9.21. The first-order valence-electron chi connectivity index (χ1n) is 11.1. The number of halogens is 2. The summed E-state index contributed by atoms with van der Waals surface area (Å²) in [4.78, 5) is 2.35. The summed E-state index contributed by atoms with van der Waals surface area (Å²) in [6.07, 6.45) is 2.42. The maximum absolute atomic E-state index is 6.72. The van der Waals surface area contributed by atoms with Gasteiger partial charge in [0, 0.05) is 30.0 Å². The minimum absolute atomic E-state index is 0.349. The quantitative estimate of drug-likeness (QED) is 0.213. The summed E-state index contributed by atoms with van der Waals surface area (Å²) >= 11 is 13.4. The monoisotopic (exact) mass is 492 g/mol. The van der Waals surface area contributed by atoms with Crippen molar-refractivity contribution in [2.75, 3.05) is 25.1 Å². The molecule has 3 aromatic carbocycles. The Bertz CT molecular complexity index is 1250. The van der Waals surface area contributed by atoms with E-state index in [4.69, 9.17) is 27.9 Å². The molecule has 0 radical (unpaired) electrons. The van der Waals surface area contributed by atoms with E-state index in [0.29, 0.717) is 27.7 Å². The highest BCUT2D eigenvalue weighted by molar-refractivity contribution is 6.40. The van der Waals surface area contributed by atoms with Crippen LogP contribution in [0.1, 0.15) is 12.8 Å². The highest BCUT2D eigenvalue weighted by Crippen LogP contribution is 2.36. The van der Waals surface area contributed by atoms with Crippen LogP contribution >= 0.6 is 23.2 Å². The maximum atomic E-state index is 6.72. The molecule has 8 heteroatoms. The first-order chi connectivity index (χ1) is 16.7. The van der Waals surface area contributed by atoms with Crippen LogP contribution in [0.3, 0.4) is 0 Å². The van der Waals surface area contributed by atoms with Gasteiger partial charge in [0.05, 0.1) is 7.11 Å². The van der Waals surface area contributed by atoms with Gasteiger partial charge >= 0.3 is 5.95 Å². The molecule has 2 heterocycles. The molecular weight excluding hydrogens is 469 g/mol. The van der Waals surface area contributed by atoms with Crippen molar-refractivity contribution < 1.29 is 9.30 Å². The van der Waals surface area contributed by atoms with Gasteiger partial charge in [0.1, 0.15) is 22.8 Å². The molecule has 0 bridgehead atoms. The second kappa shape index (κ2) is 9.87. The smallest absolute Gasteiger partial charge is 0.433 e. The Labute approximate surface area is 208 Å². The molecule has 5 rings (SSSR count). The van der Waals surface area contributed by atoms with Crippen LogP contribution in [0.2, 0.25) is 10.3 Å². The molecule has 1 fully saturated rings. The number of hydrogen-bond donors (Lipinski definition) is 0. The fraction of sp³-hybridized carbons (Fsp3) is 0.192. The number of anilines is 1. The van der Waals surface area contributed by atoms with Crippen molar-refractivity contribution in [3.63, 3.8) is 0 Å². The number of imidazole rings is 1. The van der Waals surface area contributed by atoms with Crippen molar-refractivity contribution in [3.05, 3.63) is 89.2 Å². The number of para-hydroxylation sites is 2. The van der Waals surface area contributed by atoms with E-state index >= 15 is 0 Å². The summed E-state index contributed by atoms with van der Waals surface area (Å²) in [5.74, 6) is 1.13. The molecule has 0 unspecified atom stereocenters. The third-order valence-corrected chi connectivity index (χ3v) is 6.67. The number of methoxy groups -OCH3 is 1. The SMILES string of the molecule is COc1cc(N2CCCC2)ccc1N=Nc1n(-c2ccccc2)c(Cl)c(Cl)[n+]1-c1ccccc1. The lowest BCUT2D eigenvalue weighted by Crippen LogP contribution is -2.30. The predicted octanol–water partition coefficient (Wildman–Crippen LogP) is 7.09. The first-order valence-corrected chi connectivity index (χ1v) is 11.9. The van der Waals surface area contributed by atoms with Crippen LogP contribution in [0.15, 0.2) is 89.1 Å². The second-order valence-electron chi connectivity index (χ2n) is 7.97. The van der Waals surface area contributed by atoms with Crippen LogP contribution in [0.25, 0.3) is 11.4 Å². The van der Waals surface area contributed by atoms with Crippen LogP contribution in [0, 0.1) is 0 Å². The van der Waals surface area contributed by atoms with Crippen molar-refractivity contribution in [2.24, 2.45) is 10.2 Å². The van der Waals surface area contributed by atoms with E-state index in [2.05, 4.69) is 21.2 Å². The Morgan fingerprint density at radius 2 is 1.50 bits per heavy atom. The van der Waals surface area contributed by atoms with Gasteiger partial charge in [0.15, 0.2) is 0 Å². The van der Waals surface area contributed by atoms with Gasteiger partial charge in [-0.1, -0.05) is 41.5 Å². The molecule has 0 aliphatic carbocycles. The van der Waals surface area contributed by atoms with Gasteiger partial charge in [-0.15, -0.1) is 0 Å². The van der Waals surface area contributed by atoms with Crippen molar-refractivity contribution >= 4 is 40.5 Å². The first kappa shape index (κ1) is 22.4. The van der Waals surface area contributed by atoms with E-state index in [9.17, 15) is 0 Å². The van der Waals surface area contributed by atoms with E-state index in [1.165, 1.54) is 12.8 Å². The molecule has 0 atom stereocenters. The fourth-order valence-electron chi connectivity index (χ4n) is 4.18. The van der Waals surface area contributed by atoms with Crippen molar-refractivity contribution in [2.45, 2.75) is 12.8 Å².